The molecule has 1 aliphatic rings. The van der Waals surface area contributed by atoms with Crippen molar-refractivity contribution in [3.63, 3.8) is 0 Å². The monoisotopic (exact) mass is 254 g/mol. The second-order valence-corrected chi connectivity index (χ2v) is 4.88. The topological polar surface area (TPSA) is 24.9 Å². The van der Waals surface area contributed by atoms with Crippen molar-refractivity contribution in [2.45, 2.75) is 26.2 Å². The quantitative estimate of drug-likeness (QED) is 0.895. The van der Waals surface area contributed by atoms with Gasteiger partial charge in [-0.1, -0.05) is 6.42 Å². The second-order valence-electron chi connectivity index (χ2n) is 4.02. The zero-order valence-electron chi connectivity index (χ0n) is 8.39. The number of anilines is 1. The van der Waals surface area contributed by atoms with E-state index in [9.17, 15) is 0 Å². The lowest BCUT2D eigenvalue weighted by atomic mass is 9.85. The molecule has 1 saturated carbocycles. The first kappa shape index (κ1) is 9.97. The standard InChI is InChI=1S/C11H15BrN2/c1-8-5-10(12)11(13-6-8)14-7-9-3-2-4-9/h5-6,9H,2-4,7H2,1H3,(H,13,14). The second kappa shape index (κ2) is 4.30. The predicted octanol–water partition coefficient (Wildman–Crippen LogP) is 3.36. The zero-order valence-corrected chi connectivity index (χ0v) is 9.97. The fraction of sp³-hybridized carbons (Fsp3) is 0.545. The van der Waals surface area contributed by atoms with Gasteiger partial charge in [0.2, 0.25) is 0 Å². The van der Waals surface area contributed by atoms with Gasteiger partial charge in [-0.2, -0.15) is 0 Å². The van der Waals surface area contributed by atoms with E-state index in [1.807, 2.05) is 13.1 Å². The van der Waals surface area contributed by atoms with Crippen LogP contribution < -0.4 is 5.32 Å². The lowest BCUT2D eigenvalue weighted by Gasteiger charge is -2.25. The lowest BCUT2D eigenvalue weighted by Crippen LogP contribution is -2.21. The smallest absolute Gasteiger partial charge is 0.140 e. The third kappa shape index (κ3) is 2.27. The van der Waals surface area contributed by atoms with Crippen molar-refractivity contribution in [1.82, 2.24) is 4.98 Å². The van der Waals surface area contributed by atoms with Crippen molar-refractivity contribution in [3.05, 3.63) is 22.3 Å². The van der Waals surface area contributed by atoms with Gasteiger partial charge in [-0.15, -0.1) is 0 Å². The maximum Gasteiger partial charge on any atom is 0.140 e. The number of pyridine rings is 1. The van der Waals surface area contributed by atoms with Crippen LogP contribution in [-0.4, -0.2) is 11.5 Å². The first-order valence-corrected chi connectivity index (χ1v) is 5.91. The van der Waals surface area contributed by atoms with Gasteiger partial charge in [-0.3, -0.25) is 0 Å². The molecule has 2 rings (SSSR count). The van der Waals surface area contributed by atoms with Crippen molar-refractivity contribution < 1.29 is 0 Å². The predicted molar refractivity (Wildman–Crippen MR) is 62.5 cm³/mol. The SMILES string of the molecule is Cc1cnc(NCC2CCC2)c(Br)c1. The molecular formula is C11H15BrN2. The molecule has 0 amide bonds. The maximum absolute atomic E-state index is 4.35. The molecule has 0 saturated heterocycles. The van der Waals surface area contributed by atoms with Crippen LogP contribution in [0.3, 0.4) is 0 Å². The van der Waals surface area contributed by atoms with E-state index < -0.39 is 0 Å². The Labute approximate surface area is 93.3 Å². The highest BCUT2D eigenvalue weighted by molar-refractivity contribution is 9.10. The van der Waals surface area contributed by atoms with Crippen LogP contribution in [-0.2, 0) is 0 Å². The van der Waals surface area contributed by atoms with E-state index in [0.717, 1.165) is 22.8 Å². The van der Waals surface area contributed by atoms with Crippen LogP contribution in [0.25, 0.3) is 0 Å². The number of aryl methyl sites for hydroxylation is 1. The van der Waals surface area contributed by atoms with Crippen LogP contribution in [0.2, 0.25) is 0 Å². The molecule has 0 spiro atoms. The van der Waals surface area contributed by atoms with Crippen LogP contribution in [0.1, 0.15) is 24.8 Å². The van der Waals surface area contributed by atoms with Crippen molar-refractivity contribution in [3.8, 4) is 0 Å². The summed E-state index contributed by atoms with van der Waals surface area (Å²) in [5.41, 5.74) is 1.19. The molecule has 0 aliphatic heterocycles. The third-order valence-electron chi connectivity index (χ3n) is 2.76. The summed E-state index contributed by atoms with van der Waals surface area (Å²) >= 11 is 3.51. The summed E-state index contributed by atoms with van der Waals surface area (Å²) < 4.78 is 1.07. The van der Waals surface area contributed by atoms with E-state index in [0.29, 0.717) is 0 Å². The Bertz CT molecular complexity index is 321. The fourth-order valence-corrected chi connectivity index (χ4v) is 2.21. The molecule has 1 heterocycles. The highest BCUT2D eigenvalue weighted by Crippen LogP contribution is 2.27. The number of nitrogens with one attached hydrogen (secondary N) is 1. The van der Waals surface area contributed by atoms with Crippen molar-refractivity contribution >= 4 is 21.7 Å². The van der Waals surface area contributed by atoms with E-state index in [1.54, 1.807) is 0 Å². The molecule has 1 aromatic heterocycles. The molecule has 1 aliphatic carbocycles. The normalized spacial score (nSPS) is 16.4. The molecule has 1 aromatic rings. The molecule has 0 unspecified atom stereocenters. The van der Waals surface area contributed by atoms with E-state index >= 15 is 0 Å². The van der Waals surface area contributed by atoms with Gasteiger partial charge in [0.05, 0.1) is 4.47 Å². The van der Waals surface area contributed by atoms with Crippen molar-refractivity contribution in [2.75, 3.05) is 11.9 Å². The number of halogens is 1. The van der Waals surface area contributed by atoms with Gasteiger partial charge < -0.3 is 5.32 Å². The Balaban J connectivity index is 1.94. The minimum Gasteiger partial charge on any atom is -0.369 e. The average Bonchev–Trinajstić information content (AvgIpc) is 2.05. The molecule has 76 valence electrons. The summed E-state index contributed by atoms with van der Waals surface area (Å²) in [6, 6.07) is 2.09. The van der Waals surface area contributed by atoms with Gasteiger partial charge in [-0.25, -0.2) is 4.98 Å². The molecule has 0 bridgehead atoms. The molecule has 2 nitrogen and oxygen atoms in total. The van der Waals surface area contributed by atoms with Gasteiger partial charge in [0.25, 0.3) is 0 Å². The van der Waals surface area contributed by atoms with Gasteiger partial charge in [-0.05, 0) is 53.2 Å². The molecule has 1 fully saturated rings. The van der Waals surface area contributed by atoms with E-state index in [4.69, 9.17) is 0 Å². The molecular weight excluding hydrogens is 240 g/mol. The first-order chi connectivity index (χ1) is 6.75. The molecule has 1 N–H and O–H groups in total. The van der Waals surface area contributed by atoms with Crippen LogP contribution in [0.4, 0.5) is 5.82 Å². The lowest BCUT2D eigenvalue weighted by molar-refractivity contribution is 0.333. The Morgan fingerprint density at radius 2 is 2.36 bits per heavy atom. The molecule has 0 aromatic carbocycles. The third-order valence-corrected chi connectivity index (χ3v) is 3.37. The number of hydrogen-bond acceptors (Lipinski definition) is 2. The van der Waals surface area contributed by atoms with Gasteiger partial charge in [0.1, 0.15) is 5.82 Å². The summed E-state index contributed by atoms with van der Waals surface area (Å²) in [5.74, 6) is 1.84. The summed E-state index contributed by atoms with van der Waals surface area (Å²) in [6.07, 6.45) is 6.04. The van der Waals surface area contributed by atoms with Crippen LogP contribution in [0.15, 0.2) is 16.7 Å². The number of aromatic nitrogens is 1. The summed E-state index contributed by atoms with van der Waals surface area (Å²) in [7, 11) is 0. The van der Waals surface area contributed by atoms with Gasteiger partial charge in [0, 0.05) is 12.7 Å². The Morgan fingerprint density at radius 3 is 2.93 bits per heavy atom. The Hall–Kier alpha value is -0.570. The van der Waals surface area contributed by atoms with Crippen LogP contribution in [0.5, 0.6) is 0 Å². The minimum atomic E-state index is 0.866. The van der Waals surface area contributed by atoms with Crippen LogP contribution >= 0.6 is 15.9 Å². The number of rotatable bonds is 3. The fourth-order valence-electron chi connectivity index (χ4n) is 1.60. The molecule has 0 atom stereocenters. The van der Waals surface area contributed by atoms with Gasteiger partial charge in [0.15, 0.2) is 0 Å². The highest BCUT2D eigenvalue weighted by atomic mass is 79.9. The van der Waals surface area contributed by atoms with Crippen molar-refractivity contribution in [1.29, 1.82) is 0 Å². The Morgan fingerprint density at radius 1 is 1.57 bits per heavy atom. The largest absolute Gasteiger partial charge is 0.369 e. The van der Waals surface area contributed by atoms with E-state index in [2.05, 4.69) is 32.3 Å². The zero-order chi connectivity index (χ0) is 9.97. The summed E-state index contributed by atoms with van der Waals surface area (Å²) in [6.45, 7) is 3.11. The summed E-state index contributed by atoms with van der Waals surface area (Å²) in [4.78, 5) is 4.35. The minimum absolute atomic E-state index is 0.866. The van der Waals surface area contributed by atoms with E-state index in [1.165, 1.54) is 24.8 Å². The van der Waals surface area contributed by atoms with Gasteiger partial charge >= 0.3 is 0 Å². The Kier molecular flexibility index (Phi) is 3.06. The van der Waals surface area contributed by atoms with Crippen LogP contribution in [0, 0.1) is 12.8 Å². The van der Waals surface area contributed by atoms with Crippen molar-refractivity contribution in [2.24, 2.45) is 5.92 Å². The molecule has 14 heavy (non-hydrogen) atoms. The average molecular weight is 255 g/mol. The molecule has 3 heteroatoms. The number of nitrogens with zero attached hydrogens (tertiary/aromatic N) is 1. The molecule has 0 radical (unpaired) electrons. The maximum atomic E-state index is 4.35. The number of hydrogen-bond donors (Lipinski definition) is 1. The summed E-state index contributed by atoms with van der Waals surface area (Å²) in [5, 5.41) is 3.38. The first-order valence-electron chi connectivity index (χ1n) is 5.12. The van der Waals surface area contributed by atoms with E-state index in [-0.39, 0.29) is 0 Å². The highest BCUT2D eigenvalue weighted by Gasteiger charge is 2.17.